The number of benzene rings is 1. The molecule has 0 aliphatic heterocycles. The molecule has 15 heavy (non-hydrogen) atoms. The van der Waals surface area contributed by atoms with Crippen molar-refractivity contribution in [3.63, 3.8) is 0 Å². The number of methoxy groups -OCH3 is 1. The van der Waals surface area contributed by atoms with Gasteiger partial charge in [-0.1, -0.05) is 13.0 Å². The van der Waals surface area contributed by atoms with Crippen LogP contribution in [0.15, 0.2) is 18.2 Å². The Morgan fingerprint density at radius 1 is 1.47 bits per heavy atom. The molecular formula is C12H18FNO. The Morgan fingerprint density at radius 3 is 2.67 bits per heavy atom. The van der Waals surface area contributed by atoms with Crippen LogP contribution in [0.4, 0.5) is 4.39 Å². The van der Waals surface area contributed by atoms with Gasteiger partial charge in [-0.2, -0.15) is 0 Å². The summed E-state index contributed by atoms with van der Waals surface area (Å²) in [4.78, 5) is 0. The molecule has 0 aromatic heterocycles. The summed E-state index contributed by atoms with van der Waals surface area (Å²) in [6, 6.07) is 5.05. The summed E-state index contributed by atoms with van der Waals surface area (Å²) in [7, 11) is 3.42. The molecule has 1 rings (SSSR count). The Kier molecular flexibility index (Phi) is 4.56. The highest BCUT2D eigenvalue weighted by atomic mass is 19.1. The number of likely N-dealkylation sites (N-methyl/N-ethyl adjacent to an activating group) is 1. The van der Waals surface area contributed by atoms with Crippen molar-refractivity contribution in [2.75, 3.05) is 20.7 Å². The second kappa shape index (κ2) is 5.71. The first-order valence-electron chi connectivity index (χ1n) is 5.21. The molecule has 0 spiro atoms. The highest BCUT2D eigenvalue weighted by Crippen LogP contribution is 2.25. The van der Waals surface area contributed by atoms with Gasteiger partial charge in [0.15, 0.2) is 0 Å². The molecule has 1 atom stereocenters. The van der Waals surface area contributed by atoms with E-state index < -0.39 is 0 Å². The minimum Gasteiger partial charge on any atom is -0.497 e. The molecule has 2 nitrogen and oxygen atoms in total. The number of hydrogen-bond donors (Lipinski definition) is 1. The third-order valence-electron chi connectivity index (χ3n) is 2.59. The molecule has 0 radical (unpaired) electrons. The van der Waals surface area contributed by atoms with E-state index in [4.69, 9.17) is 4.74 Å². The monoisotopic (exact) mass is 211 g/mol. The molecule has 0 fully saturated rings. The third-order valence-corrected chi connectivity index (χ3v) is 2.59. The average molecular weight is 211 g/mol. The predicted octanol–water partition coefficient (Wildman–Crippen LogP) is 2.55. The average Bonchev–Trinajstić information content (AvgIpc) is 2.26. The Bertz CT molecular complexity index is 314. The van der Waals surface area contributed by atoms with Gasteiger partial charge >= 0.3 is 0 Å². The molecule has 0 heterocycles. The Morgan fingerprint density at radius 2 is 2.20 bits per heavy atom. The zero-order chi connectivity index (χ0) is 11.3. The van der Waals surface area contributed by atoms with E-state index in [1.54, 1.807) is 19.2 Å². The van der Waals surface area contributed by atoms with Crippen LogP contribution in [0.25, 0.3) is 0 Å². The van der Waals surface area contributed by atoms with Crippen LogP contribution in [0.1, 0.15) is 24.8 Å². The van der Waals surface area contributed by atoms with Gasteiger partial charge in [0.1, 0.15) is 11.6 Å². The summed E-state index contributed by atoms with van der Waals surface area (Å²) in [5.74, 6) is 0.605. The molecule has 0 aliphatic carbocycles. The van der Waals surface area contributed by atoms with Gasteiger partial charge in [0.05, 0.1) is 7.11 Å². The number of hydrogen-bond acceptors (Lipinski definition) is 2. The molecule has 84 valence electrons. The molecule has 1 unspecified atom stereocenters. The van der Waals surface area contributed by atoms with Crippen LogP contribution in [0.3, 0.4) is 0 Å². The first kappa shape index (κ1) is 12.0. The summed E-state index contributed by atoms with van der Waals surface area (Å²) in [6.45, 7) is 2.85. The van der Waals surface area contributed by atoms with Crippen LogP contribution in [-0.4, -0.2) is 20.7 Å². The first-order valence-corrected chi connectivity index (χ1v) is 5.21. The largest absolute Gasteiger partial charge is 0.497 e. The van der Waals surface area contributed by atoms with Crippen molar-refractivity contribution < 1.29 is 9.13 Å². The van der Waals surface area contributed by atoms with Crippen molar-refractivity contribution in [1.82, 2.24) is 5.32 Å². The van der Waals surface area contributed by atoms with Gasteiger partial charge in [-0.3, -0.25) is 0 Å². The maximum atomic E-state index is 13.7. The zero-order valence-corrected chi connectivity index (χ0v) is 9.51. The van der Waals surface area contributed by atoms with Crippen molar-refractivity contribution in [2.24, 2.45) is 0 Å². The van der Waals surface area contributed by atoms with Gasteiger partial charge in [0, 0.05) is 12.6 Å². The lowest BCUT2D eigenvalue weighted by atomic mass is 9.96. The number of halogens is 1. The van der Waals surface area contributed by atoms with Crippen LogP contribution in [0.5, 0.6) is 5.75 Å². The lowest BCUT2D eigenvalue weighted by Gasteiger charge is -2.16. The van der Waals surface area contributed by atoms with Crippen molar-refractivity contribution in [2.45, 2.75) is 19.3 Å². The van der Waals surface area contributed by atoms with Crippen LogP contribution >= 0.6 is 0 Å². The van der Waals surface area contributed by atoms with E-state index in [1.807, 2.05) is 7.05 Å². The van der Waals surface area contributed by atoms with E-state index in [0.29, 0.717) is 5.75 Å². The predicted molar refractivity (Wildman–Crippen MR) is 59.9 cm³/mol. The fraction of sp³-hybridized carbons (Fsp3) is 0.500. The van der Waals surface area contributed by atoms with Crippen LogP contribution in [0, 0.1) is 5.82 Å². The van der Waals surface area contributed by atoms with E-state index >= 15 is 0 Å². The molecule has 0 bridgehead atoms. The summed E-state index contributed by atoms with van der Waals surface area (Å²) in [5, 5.41) is 3.08. The molecule has 3 heteroatoms. The van der Waals surface area contributed by atoms with Crippen LogP contribution in [-0.2, 0) is 0 Å². The molecule has 0 aliphatic rings. The summed E-state index contributed by atoms with van der Waals surface area (Å²) in [6.07, 6.45) is 0.921. The Hall–Kier alpha value is -1.09. The number of rotatable bonds is 5. The molecule has 1 aromatic rings. The molecule has 1 aromatic carbocycles. The summed E-state index contributed by atoms with van der Waals surface area (Å²) in [5.41, 5.74) is 0.757. The lowest BCUT2D eigenvalue weighted by Crippen LogP contribution is -2.17. The van der Waals surface area contributed by atoms with Gasteiger partial charge in [-0.15, -0.1) is 0 Å². The summed E-state index contributed by atoms with van der Waals surface area (Å²) >= 11 is 0. The van der Waals surface area contributed by atoms with Gasteiger partial charge in [-0.25, -0.2) is 4.39 Å². The number of nitrogens with one attached hydrogen (secondary N) is 1. The molecule has 1 N–H and O–H groups in total. The van der Waals surface area contributed by atoms with Gasteiger partial charge < -0.3 is 10.1 Å². The van der Waals surface area contributed by atoms with E-state index in [0.717, 1.165) is 18.5 Å². The quantitative estimate of drug-likeness (QED) is 0.808. The van der Waals surface area contributed by atoms with E-state index in [1.165, 1.54) is 6.07 Å². The highest BCUT2D eigenvalue weighted by Gasteiger charge is 2.13. The SMILES string of the molecule is CCC(CNC)c1ccc(OC)cc1F. The lowest BCUT2D eigenvalue weighted by molar-refractivity contribution is 0.410. The van der Waals surface area contributed by atoms with E-state index in [2.05, 4.69) is 12.2 Å². The maximum Gasteiger partial charge on any atom is 0.130 e. The highest BCUT2D eigenvalue weighted by molar-refractivity contribution is 5.31. The molecule has 0 saturated carbocycles. The van der Waals surface area contributed by atoms with Gasteiger partial charge in [0.25, 0.3) is 0 Å². The van der Waals surface area contributed by atoms with Crippen molar-refractivity contribution >= 4 is 0 Å². The Labute approximate surface area is 90.4 Å². The van der Waals surface area contributed by atoms with E-state index in [-0.39, 0.29) is 11.7 Å². The van der Waals surface area contributed by atoms with Crippen molar-refractivity contribution in [3.05, 3.63) is 29.6 Å². The Balaban J connectivity index is 2.92. The van der Waals surface area contributed by atoms with Crippen LogP contribution in [0.2, 0.25) is 0 Å². The number of ether oxygens (including phenoxy) is 1. The van der Waals surface area contributed by atoms with E-state index in [9.17, 15) is 4.39 Å². The standard InChI is InChI=1S/C12H18FNO/c1-4-9(8-14-2)11-6-5-10(15-3)7-12(11)13/h5-7,9,14H,4,8H2,1-3H3. The normalized spacial score (nSPS) is 12.5. The minimum absolute atomic E-state index is 0.184. The molecule has 0 amide bonds. The van der Waals surface area contributed by atoms with Crippen LogP contribution < -0.4 is 10.1 Å². The smallest absolute Gasteiger partial charge is 0.130 e. The van der Waals surface area contributed by atoms with Crippen molar-refractivity contribution in [3.8, 4) is 5.75 Å². The fourth-order valence-electron chi connectivity index (χ4n) is 1.69. The summed E-state index contributed by atoms with van der Waals surface area (Å²) < 4.78 is 18.7. The second-order valence-electron chi connectivity index (χ2n) is 3.55. The fourth-order valence-corrected chi connectivity index (χ4v) is 1.69. The topological polar surface area (TPSA) is 21.3 Å². The first-order chi connectivity index (χ1) is 7.22. The molecular weight excluding hydrogens is 193 g/mol. The maximum absolute atomic E-state index is 13.7. The third kappa shape index (κ3) is 2.93. The van der Waals surface area contributed by atoms with Crippen molar-refractivity contribution in [1.29, 1.82) is 0 Å². The molecule has 0 saturated heterocycles. The second-order valence-corrected chi connectivity index (χ2v) is 3.55. The minimum atomic E-state index is -0.184. The zero-order valence-electron chi connectivity index (χ0n) is 9.51. The van der Waals surface area contributed by atoms with Gasteiger partial charge in [0.2, 0.25) is 0 Å². The van der Waals surface area contributed by atoms with Gasteiger partial charge in [-0.05, 0) is 31.0 Å².